The molecule has 0 radical (unpaired) electrons. The lowest BCUT2D eigenvalue weighted by molar-refractivity contribution is -0.300. The molecule has 42 heavy (non-hydrogen) atoms. The molecule has 0 saturated carbocycles. The van der Waals surface area contributed by atoms with Gasteiger partial charge in [0.1, 0.15) is 23.6 Å². The number of rotatable bonds is 12. The van der Waals surface area contributed by atoms with E-state index in [1.165, 1.54) is 0 Å². The van der Waals surface area contributed by atoms with Gasteiger partial charge in [-0.05, 0) is 90.4 Å². The predicted molar refractivity (Wildman–Crippen MR) is 165 cm³/mol. The number of anilines is 1. The third kappa shape index (κ3) is 11.7. The highest BCUT2D eigenvalue weighted by atomic mass is 28.4. The van der Waals surface area contributed by atoms with Crippen LogP contribution in [0.25, 0.3) is 11.3 Å². The number of benzene rings is 1. The van der Waals surface area contributed by atoms with Crippen LogP contribution in [-0.2, 0) is 30.3 Å². The van der Waals surface area contributed by atoms with Gasteiger partial charge in [0.2, 0.25) is 5.95 Å². The van der Waals surface area contributed by atoms with Crippen molar-refractivity contribution in [3.8, 4) is 17.0 Å². The molecular weight excluding hydrogens is 556 g/mol. The van der Waals surface area contributed by atoms with E-state index < -0.39 is 37.7 Å². The van der Waals surface area contributed by atoms with Crippen molar-refractivity contribution in [1.29, 1.82) is 0 Å². The summed E-state index contributed by atoms with van der Waals surface area (Å²) in [7, 11) is -2.27. The average Bonchev–Trinajstić information content (AvgIpc) is 3.21. The first-order valence-corrected chi connectivity index (χ1v) is 17.2. The van der Waals surface area contributed by atoms with Crippen LogP contribution < -0.4 is 15.8 Å². The molecule has 0 aliphatic carbocycles. The quantitative estimate of drug-likeness (QED) is 0.0967. The first-order chi connectivity index (χ1) is 19.2. The fraction of sp³-hybridized carbons (Fsp3) is 0.633. The largest absolute Gasteiger partial charge is 0.490 e. The Bertz CT molecular complexity index is 1180. The third-order valence-electron chi connectivity index (χ3n) is 6.48. The molecule has 3 N–H and O–H groups in total. The van der Waals surface area contributed by atoms with Crippen LogP contribution in [0.3, 0.4) is 0 Å². The molecule has 0 bridgehead atoms. The Balaban J connectivity index is 1.99. The molecule has 1 amide bonds. The standard InChI is InChI=1S/C30H50N4O7Si/c1-28(2,3)38-25(35)24(40-42(10,11)30(7,8)9)20-37-22-15-13-21(14-16-22)23-19-34(26(31)33-23)18-12-17-32-27(36)39-41-29(4,5)6/h13-16,19,24H,12,17-18,20H2,1-11H3,(H2,31,33)(H,32,36)/t24-/m1/s1. The van der Waals surface area contributed by atoms with Gasteiger partial charge in [0.05, 0.1) is 5.69 Å². The molecule has 1 heterocycles. The maximum absolute atomic E-state index is 13.0. The topological polar surface area (TPSA) is 136 Å². The summed E-state index contributed by atoms with van der Waals surface area (Å²) in [4.78, 5) is 38.9. The molecule has 0 aliphatic rings. The number of aromatic nitrogens is 2. The SMILES string of the molecule is CC(C)(C)OOC(=O)NCCCn1cc(-c2ccc(OC[C@@H](O[Si](C)(C)C(C)(C)C)C(=O)OC(C)(C)C)cc2)nc1N. The number of nitrogens with two attached hydrogens (primary N) is 1. The van der Waals surface area contributed by atoms with E-state index in [-0.39, 0.29) is 11.6 Å². The van der Waals surface area contributed by atoms with Gasteiger partial charge in [-0.25, -0.2) is 14.6 Å². The monoisotopic (exact) mass is 606 g/mol. The summed E-state index contributed by atoms with van der Waals surface area (Å²) in [5, 5.41) is 2.56. The summed E-state index contributed by atoms with van der Waals surface area (Å²) in [6.45, 7) is 22.4. The molecule has 0 fully saturated rings. The Morgan fingerprint density at radius 3 is 2.17 bits per heavy atom. The minimum absolute atomic E-state index is 0.0340. The number of aryl methyl sites for hydroxylation is 1. The number of ether oxygens (including phenoxy) is 2. The number of imidazole rings is 1. The van der Waals surface area contributed by atoms with E-state index in [1.54, 1.807) is 20.8 Å². The van der Waals surface area contributed by atoms with Crippen molar-refractivity contribution in [2.24, 2.45) is 0 Å². The summed E-state index contributed by atoms with van der Waals surface area (Å²) < 4.78 is 19.8. The fourth-order valence-corrected chi connectivity index (χ4v) is 4.55. The molecule has 2 aromatic rings. The molecule has 1 atom stereocenters. The van der Waals surface area contributed by atoms with Gasteiger partial charge in [-0.3, -0.25) is 4.89 Å². The van der Waals surface area contributed by atoms with Gasteiger partial charge in [-0.2, -0.15) is 4.89 Å². The van der Waals surface area contributed by atoms with E-state index in [0.717, 1.165) is 5.56 Å². The summed E-state index contributed by atoms with van der Waals surface area (Å²) in [5.41, 5.74) is 6.47. The molecule has 0 unspecified atom stereocenters. The summed E-state index contributed by atoms with van der Waals surface area (Å²) >= 11 is 0. The Kier molecular flexibility index (Phi) is 11.6. The lowest BCUT2D eigenvalue weighted by Gasteiger charge is -2.39. The van der Waals surface area contributed by atoms with Gasteiger partial charge in [-0.15, -0.1) is 0 Å². The number of nitrogens with zero attached hydrogens (tertiary/aromatic N) is 2. The first kappa shape index (κ1) is 35.1. The number of carbonyl (C=O) groups excluding carboxylic acids is 2. The number of carbonyl (C=O) groups is 2. The Morgan fingerprint density at radius 2 is 1.62 bits per heavy atom. The number of amides is 1. The molecule has 1 aromatic heterocycles. The minimum Gasteiger partial charge on any atom is -0.490 e. The van der Waals surface area contributed by atoms with Crippen molar-refractivity contribution in [2.45, 2.75) is 111 Å². The highest BCUT2D eigenvalue weighted by molar-refractivity contribution is 6.74. The van der Waals surface area contributed by atoms with Crippen LogP contribution in [0.15, 0.2) is 30.5 Å². The lowest BCUT2D eigenvalue weighted by atomic mass is 10.1. The van der Waals surface area contributed by atoms with E-state index in [9.17, 15) is 9.59 Å². The van der Waals surface area contributed by atoms with Crippen molar-refractivity contribution in [1.82, 2.24) is 14.9 Å². The first-order valence-electron chi connectivity index (χ1n) is 14.3. The fourth-order valence-electron chi connectivity index (χ4n) is 3.32. The van der Waals surface area contributed by atoms with Crippen molar-refractivity contribution in [3.63, 3.8) is 0 Å². The van der Waals surface area contributed by atoms with Gasteiger partial charge < -0.3 is 29.5 Å². The van der Waals surface area contributed by atoms with Crippen molar-refractivity contribution in [2.75, 3.05) is 18.9 Å². The number of nitrogen functional groups attached to an aromatic ring is 1. The summed E-state index contributed by atoms with van der Waals surface area (Å²) in [5.74, 6) is 0.522. The van der Waals surface area contributed by atoms with Gasteiger partial charge >= 0.3 is 12.1 Å². The lowest BCUT2D eigenvalue weighted by Crippen LogP contribution is -2.49. The number of hydrogen-bond donors (Lipinski definition) is 2. The normalized spacial score (nSPS) is 13.4. The zero-order valence-corrected chi connectivity index (χ0v) is 28.1. The summed E-state index contributed by atoms with van der Waals surface area (Å²) in [6.07, 6.45) is 0.989. The second-order valence-corrected chi connectivity index (χ2v) is 18.5. The molecule has 12 heteroatoms. The number of esters is 1. The Hall–Kier alpha value is -3.09. The van der Waals surface area contributed by atoms with Crippen LogP contribution in [0, 0.1) is 0 Å². The molecule has 2 rings (SSSR count). The maximum Gasteiger partial charge on any atom is 0.438 e. The zero-order valence-electron chi connectivity index (χ0n) is 27.1. The van der Waals surface area contributed by atoms with Crippen LogP contribution in [0.4, 0.5) is 10.7 Å². The van der Waals surface area contributed by atoms with Crippen molar-refractivity contribution in [3.05, 3.63) is 30.5 Å². The van der Waals surface area contributed by atoms with Gasteiger partial charge in [-0.1, -0.05) is 20.8 Å². The van der Waals surface area contributed by atoms with Gasteiger partial charge in [0.25, 0.3) is 0 Å². The van der Waals surface area contributed by atoms with Crippen LogP contribution >= 0.6 is 0 Å². The van der Waals surface area contributed by atoms with E-state index in [4.69, 9.17) is 29.4 Å². The van der Waals surface area contributed by atoms with Crippen molar-refractivity contribution >= 4 is 26.3 Å². The second-order valence-electron chi connectivity index (χ2n) is 13.8. The minimum atomic E-state index is -2.27. The highest BCUT2D eigenvalue weighted by Crippen LogP contribution is 2.37. The van der Waals surface area contributed by atoms with Crippen LogP contribution in [-0.4, -0.2) is 60.4 Å². The van der Waals surface area contributed by atoms with Crippen LogP contribution in [0.1, 0.15) is 68.7 Å². The van der Waals surface area contributed by atoms with Crippen molar-refractivity contribution < 1.29 is 33.3 Å². The summed E-state index contributed by atoms with van der Waals surface area (Å²) in [6, 6.07) is 7.40. The Morgan fingerprint density at radius 1 is 1.00 bits per heavy atom. The van der Waals surface area contributed by atoms with E-state index in [1.807, 2.05) is 55.8 Å². The van der Waals surface area contributed by atoms with Gasteiger partial charge in [0, 0.05) is 24.8 Å². The maximum atomic E-state index is 13.0. The molecule has 0 saturated heterocycles. The predicted octanol–water partition coefficient (Wildman–Crippen LogP) is 6.09. The molecule has 236 valence electrons. The number of nitrogens with one attached hydrogen (secondary N) is 1. The van der Waals surface area contributed by atoms with Gasteiger partial charge in [0.15, 0.2) is 14.4 Å². The smallest absolute Gasteiger partial charge is 0.438 e. The molecule has 11 nitrogen and oxygen atoms in total. The third-order valence-corrected chi connectivity index (χ3v) is 11.0. The number of hydrogen-bond acceptors (Lipinski definition) is 9. The highest BCUT2D eigenvalue weighted by Gasteiger charge is 2.42. The Labute approximate surface area is 251 Å². The second kappa shape index (κ2) is 13.9. The van der Waals surface area contributed by atoms with E-state index in [0.29, 0.717) is 36.9 Å². The zero-order chi connectivity index (χ0) is 31.9. The van der Waals surface area contributed by atoms with Crippen LogP contribution in [0.5, 0.6) is 5.75 Å². The molecule has 1 aromatic carbocycles. The van der Waals surface area contributed by atoms with E-state index >= 15 is 0 Å². The molecule has 0 aliphatic heterocycles. The molecule has 0 spiro atoms. The average molecular weight is 607 g/mol. The van der Waals surface area contributed by atoms with Crippen LogP contribution in [0.2, 0.25) is 18.1 Å². The molecular formula is C30H50N4O7Si. The van der Waals surface area contributed by atoms with E-state index in [2.05, 4.69) is 44.2 Å².